The highest BCUT2D eigenvalue weighted by atomic mass is 79.9. The molecular weight excluding hydrogens is 254 g/mol. The molecule has 0 aliphatic carbocycles. The lowest BCUT2D eigenvalue weighted by Crippen LogP contribution is -2.26. The second-order valence-corrected chi connectivity index (χ2v) is 4.68. The Morgan fingerprint density at radius 1 is 1.33 bits per heavy atom. The Balaban J connectivity index is 1.93. The van der Waals surface area contributed by atoms with E-state index in [1.165, 1.54) is 5.56 Å². The molecule has 1 aliphatic rings. The van der Waals surface area contributed by atoms with Crippen LogP contribution in [-0.4, -0.2) is 23.9 Å². The predicted molar refractivity (Wildman–Crippen MR) is 63.7 cm³/mol. The number of halogens is 1. The minimum atomic E-state index is 0.307. The highest BCUT2D eigenvalue weighted by Gasteiger charge is 2.19. The second-order valence-electron chi connectivity index (χ2n) is 3.83. The van der Waals surface area contributed by atoms with Crippen LogP contribution in [0.2, 0.25) is 0 Å². The lowest BCUT2D eigenvalue weighted by molar-refractivity contribution is -0.127. The van der Waals surface area contributed by atoms with E-state index in [1.807, 2.05) is 23.1 Å². The molecule has 80 valence electrons. The third-order valence-electron chi connectivity index (χ3n) is 2.78. The maximum atomic E-state index is 11.4. The molecule has 2 rings (SSSR count). The Morgan fingerprint density at radius 3 is 2.80 bits per heavy atom. The summed E-state index contributed by atoms with van der Waals surface area (Å²) in [4.78, 5) is 13.4. The number of likely N-dealkylation sites (tertiary alicyclic amines) is 1. The normalized spacial score (nSPS) is 16.1. The summed E-state index contributed by atoms with van der Waals surface area (Å²) in [6.45, 7) is 1.78. The van der Waals surface area contributed by atoms with Crippen molar-refractivity contribution in [2.24, 2.45) is 0 Å². The zero-order chi connectivity index (χ0) is 10.7. The van der Waals surface area contributed by atoms with Crippen LogP contribution in [0.25, 0.3) is 0 Å². The fourth-order valence-electron chi connectivity index (χ4n) is 1.90. The maximum absolute atomic E-state index is 11.4. The van der Waals surface area contributed by atoms with E-state index in [-0.39, 0.29) is 0 Å². The third-order valence-corrected chi connectivity index (χ3v) is 3.55. The van der Waals surface area contributed by atoms with Gasteiger partial charge in [0.05, 0.1) is 0 Å². The van der Waals surface area contributed by atoms with Crippen molar-refractivity contribution in [2.45, 2.75) is 19.3 Å². The first kappa shape index (κ1) is 10.7. The smallest absolute Gasteiger partial charge is 0.222 e. The fraction of sp³-hybridized carbons (Fsp3) is 0.417. The van der Waals surface area contributed by atoms with Crippen molar-refractivity contribution in [1.29, 1.82) is 0 Å². The van der Waals surface area contributed by atoms with Gasteiger partial charge in [0.15, 0.2) is 0 Å². The molecule has 1 fully saturated rings. The van der Waals surface area contributed by atoms with Gasteiger partial charge in [-0.25, -0.2) is 0 Å². The summed E-state index contributed by atoms with van der Waals surface area (Å²) in [5.74, 6) is 0.307. The van der Waals surface area contributed by atoms with E-state index in [4.69, 9.17) is 0 Å². The fourth-order valence-corrected chi connectivity index (χ4v) is 2.38. The largest absolute Gasteiger partial charge is 0.342 e. The molecule has 0 atom stereocenters. The molecule has 0 aromatic heterocycles. The topological polar surface area (TPSA) is 20.3 Å². The monoisotopic (exact) mass is 267 g/mol. The van der Waals surface area contributed by atoms with Crippen molar-refractivity contribution in [3.05, 3.63) is 34.3 Å². The molecule has 0 N–H and O–H groups in total. The molecule has 0 spiro atoms. The lowest BCUT2D eigenvalue weighted by atomic mass is 10.1. The van der Waals surface area contributed by atoms with E-state index in [2.05, 4.69) is 22.0 Å². The van der Waals surface area contributed by atoms with Gasteiger partial charge >= 0.3 is 0 Å². The molecule has 0 radical (unpaired) electrons. The van der Waals surface area contributed by atoms with Crippen LogP contribution >= 0.6 is 15.9 Å². The third kappa shape index (κ3) is 2.59. The summed E-state index contributed by atoms with van der Waals surface area (Å²) < 4.78 is 1.14. The van der Waals surface area contributed by atoms with Crippen LogP contribution in [0, 0.1) is 0 Å². The van der Waals surface area contributed by atoms with Crippen LogP contribution in [0.1, 0.15) is 18.4 Å². The molecule has 0 saturated carbocycles. The number of carbonyl (C=O) groups is 1. The SMILES string of the molecule is O=C1CCCN1CCc1ccccc1Br. The second kappa shape index (κ2) is 4.79. The van der Waals surface area contributed by atoms with E-state index < -0.39 is 0 Å². The van der Waals surface area contributed by atoms with E-state index in [9.17, 15) is 4.79 Å². The van der Waals surface area contributed by atoms with E-state index in [0.29, 0.717) is 5.91 Å². The van der Waals surface area contributed by atoms with Gasteiger partial charge in [0.1, 0.15) is 0 Å². The zero-order valence-electron chi connectivity index (χ0n) is 8.58. The Morgan fingerprint density at radius 2 is 2.13 bits per heavy atom. The van der Waals surface area contributed by atoms with Crippen molar-refractivity contribution < 1.29 is 4.79 Å². The number of hydrogen-bond donors (Lipinski definition) is 0. The summed E-state index contributed by atoms with van der Waals surface area (Å²) in [6.07, 6.45) is 2.69. The number of nitrogens with zero attached hydrogens (tertiary/aromatic N) is 1. The lowest BCUT2D eigenvalue weighted by Gasteiger charge is -2.15. The first-order valence-electron chi connectivity index (χ1n) is 5.28. The van der Waals surface area contributed by atoms with Gasteiger partial charge in [0.25, 0.3) is 0 Å². The quantitative estimate of drug-likeness (QED) is 0.825. The van der Waals surface area contributed by atoms with E-state index in [1.54, 1.807) is 0 Å². The highest BCUT2D eigenvalue weighted by Crippen LogP contribution is 2.18. The Bertz CT molecular complexity index is 364. The average Bonchev–Trinajstić information content (AvgIpc) is 2.63. The average molecular weight is 268 g/mol. The number of rotatable bonds is 3. The van der Waals surface area contributed by atoms with E-state index in [0.717, 1.165) is 36.8 Å². The van der Waals surface area contributed by atoms with Crippen molar-refractivity contribution in [1.82, 2.24) is 4.90 Å². The molecule has 1 amide bonds. The van der Waals surface area contributed by atoms with Gasteiger partial charge in [-0.05, 0) is 24.5 Å². The Kier molecular flexibility index (Phi) is 3.41. The molecule has 1 saturated heterocycles. The summed E-state index contributed by atoms with van der Waals surface area (Å²) in [6, 6.07) is 8.19. The van der Waals surface area contributed by atoms with Crippen LogP contribution < -0.4 is 0 Å². The zero-order valence-corrected chi connectivity index (χ0v) is 10.2. The first-order chi connectivity index (χ1) is 7.27. The van der Waals surface area contributed by atoms with Crippen LogP contribution in [-0.2, 0) is 11.2 Å². The maximum Gasteiger partial charge on any atom is 0.222 e. The van der Waals surface area contributed by atoms with Gasteiger partial charge < -0.3 is 4.90 Å². The van der Waals surface area contributed by atoms with Crippen LogP contribution in [0.3, 0.4) is 0 Å². The molecule has 0 unspecified atom stereocenters. The summed E-state index contributed by atoms with van der Waals surface area (Å²) in [7, 11) is 0. The van der Waals surface area contributed by atoms with Gasteiger partial charge in [0, 0.05) is 24.0 Å². The highest BCUT2D eigenvalue weighted by molar-refractivity contribution is 9.10. The molecule has 3 heteroatoms. The predicted octanol–water partition coefficient (Wildman–Crippen LogP) is 2.61. The van der Waals surface area contributed by atoms with Crippen LogP contribution in [0.4, 0.5) is 0 Å². The van der Waals surface area contributed by atoms with Crippen molar-refractivity contribution in [3.63, 3.8) is 0 Å². The summed E-state index contributed by atoms with van der Waals surface area (Å²) in [5.41, 5.74) is 1.28. The minimum Gasteiger partial charge on any atom is -0.342 e. The molecule has 1 aliphatic heterocycles. The standard InChI is InChI=1S/C12H14BrNO/c13-11-5-2-1-4-10(11)7-9-14-8-3-6-12(14)15/h1-2,4-5H,3,6-9H2. The molecule has 0 bridgehead atoms. The summed E-state index contributed by atoms with van der Waals surface area (Å²) in [5, 5.41) is 0. The van der Waals surface area contributed by atoms with Gasteiger partial charge in [-0.15, -0.1) is 0 Å². The Hall–Kier alpha value is -0.830. The molecule has 2 nitrogen and oxygen atoms in total. The number of hydrogen-bond acceptors (Lipinski definition) is 1. The molecule has 1 aromatic carbocycles. The molecule has 1 heterocycles. The first-order valence-corrected chi connectivity index (χ1v) is 6.08. The molecular formula is C12H14BrNO. The van der Waals surface area contributed by atoms with Gasteiger partial charge in [-0.1, -0.05) is 34.1 Å². The van der Waals surface area contributed by atoms with Crippen molar-refractivity contribution in [3.8, 4) is 0 Å². The number of carbonyl (C=O) groups excluding carboxylic acids is 1. The van der Waals surface area contributed by atoms with Crippen molar-refractivity contribution in [2.75, 3.05) is 13.1 Å². The van der Waals surface area contributed by atoms with Crippen LogP contribution in [0.5, 0.6) is 0 Å². The molecule has 1 aromatic rings. The van der Waals surface area contributed by atoms with Gasteiger partial charge in [-0.3, -0.25) is 4.79 Å². The van der Waals surface area contributed by atoms with Gasteiger partial charge in [0.2, 0.25) is 5.91 Å². The van der Waals surface area contributed by atoms with Crippen molar-refractivity contribution >= 4 is 21.8 Å². The summed E-state index contributed by atoms with van der Waals surface area (Å²) >= 11 is 3.52. The number of amides is 1. The number of benzene rings is 1. The minimum absolute atomic E-state index is 0.307. The molecule has 15 heavy (non-hydrogen) atoms. The van der Waals surface area contributed by atoms with E-state index >= 15 is 0 Å². The van der Waals surface area contributed by atoms with Crippen LogP contribution in [0.15, 0.2) is 28.7 Å². The van der Waals surface area contributed by atoms with Gasteiger partial charge in [-0.2, -0.15) is 0 Å². The Labute approximate surface area is 98.4 Å².